The number of hydrogen-bond donors (Lipinski definition) is 4. The SMILES string of the molecule is CCN(C(C)=O)[C@H]1CC[C@H](CC(=O)Nc2cc(-c3ccccc3)c(-c3ccc([C@]4(NC(=O)O)C[C@@](C)(O)C4)cc3)cn2)CC1. The Morgan fingerprint density at radius 3 is 2.16 bits per heavy atom. The number of aromatic nitrogens is 1. The molecule has 0 bridgehead atoms. The van der Waals surface area contributed by atoms with Gasteiger partial charge in [-0.3, -0.25) is 9.59 Å². The molecule has 0 aliphatic heterocycles. The van der Waals surface area contributed by atoms with Gasteiger partial charge in [-0.15, -0.1) is 0 Å². The summed E-state index contributed by atoms with van der Waals surface area (Å²) in [5.74, 6) is 0.809. The quantitative estimate of drug-likeness (QED) is 0.233. The van der Waals surface area contributed by atoms with Crippen molar-refractivity contribution in [2.75, 3.05) is 11.9 Å². The second kappa shape index (κ2) is 12.8. The van der Waals surface area contributed by atoms with E-state index in [1.165, 1.54) is 0 Å². The summed E-state index contributed by atoms with van der Waals surface area (Å²) in [6, 6.07) is 19.8. The largest absolute Gasteiger partial charge is 0.465 e. The number of carbonyl (C=O) groups is 3. The Labute approximate surface area is 258 Å². The van der Waals surface area contributed by atoms with Crippen molar-refractivity contribution in [3.05, 3.63) is 72.4 Å². The van der Waals surface area contributed by atoms with Crippen molar-refractivity contribution in [1.29, 1.82) is 0 Å². The number of anilines is 1. The van der Waals surface area contributed by atoms with Crippen molar-refractivity contribution in [1.82, 2.24) is 15.2 Å². The van der Waals surface area contributed by atoms with Crippen molar-refractivity contribution < 1.29 is 24.6 Å². The van der Waals surface area contributed by atoms with Crippen LogP contribution < -0.4 is 10.6 Å². The minimum atomic E-state index is -1.12. The lowest BCUT2D eigenvalue weighted by Crippen LogP contribution is -2.61. The Hall–Kier alpha value is -4.24. The highest BCUT2D eigenvalue weighted by molar-refractivity contribution is 5.92. The molecule has 232 valence electrons. The number of benzene rings is 2. The van der Waals surface area contributed by atoms with Crippen molar-refractivity contribution in [2.24, 2.45) is 5.92 Å². The molecule has 2 aromatic carbocycles. The molecule has 3 amide bonds. The summed E-state index contributed by atoms with van der Waals surface area (Å²) < 4.78 is 0. The van der Waals surface area contributed by atoms with Gasteiger partial charge in [-0.05, 0) is 73.8 Å². The van der Waals surface area contributed by atoms with Crippen molar-refractivity contribution in [3.8, 4) is 22.3 Å². The van der Waals surface area contributed by atoms with Gasteiger partial charge in [0.2, 0.25) is 11.8 Å². The molecule has 9 heteroatoms. The standard InChI is InChI=1S/C35H42N4O5/c1-4-39(23(2)40)28-16-10-24(11-17-28)18-32(41)37-31-19-29(25-8-6-5-7-9-25)30(20-36-31)26-12-14-27(15-13-26)35(38-33(42)43)21-34(3,44)22-35/h5-9,12-15,19-20,24,28,38,44H,4,10-11,16-18,21-22H2,1-3H3,(H,42,43)(H,36,37,41)/t24-,28-,34-,35+. The van der Waals surface area contributed by atoms with Crippen LogP contribution in [-0.2, 0) is 15.1 Å². The van der Waals surface area contributed by atoms with Gasteiger partial charge >= 0.3 is 6.09 Å². The monoisotopic (exact) mass is 598 g/mol. The van der Waals surface area contributed by atoms with Gasteiger partial charge < -0.3 is 25.7 Å². The van der Waals surface area contributed by atoms with Crippen molar-refractivity contribution in [2.45, 2.75) is 82.9 Å². The molecule has 5 rings (SSSR count). The van der Waals surface area contributed by atoms with E-state index in [2.05, 4.69) is 15.6 Å². The van der Waals surface area contributed by atoms with Crippen LogP contribution in [0.3, 0.4) is 0 Å². The summed E-state index contributed by atoms with van der Waals surface area (Å²) in [4.78, 5) is 43.1. The molecule has 44 heavy (non-hydrogen) atoms. The van der Waals surface area contributed by atoms with E-state index in [0.29, 0.717) is 31.6 Å². The predicted octanol–water partition coefficient (Wildman–Crippen LogP) is 6.18. The molecule has 3 aromatic rings. The highest BCUT2D eigenvalue weighted by Gasteiger charge is 2.53. The van der Waals surface area contributed by atoms with Gasteiger partial charge in [0.25, 0.3) is 0 Å². The molecular weight excluding hydrogens is 556 g/mol. The van der Waals surface area contributed by atoms with Gasteiger partial charge in [0.05, 0.1) is 11.1 Å². The first-order valence-corrected chi connectivity index (χ1v) is 15.5. The summed E-state index contributed by atoms with van der Waals surface area (Å²) in [5.41, 5.74) is 2.72. The number of pyridine rings is 1. The number of nitrogens with one attached hydrogen (secondary N) is 2. The fourth-order valence-corrected chi connectivity index (χ4v) is 7.25. The first kappa shape index (κ1) is 31.2. The third kappa shape index (κ3) is 6.94. The van der Waals surface area contributed by atoms with Crippen molar-refractivity contribution in [3.63, 3.8) is 0 Å². The first-order chi connectivity index (χ1) is 21.0. The zero-order chi connectivity index (χ0) is 31.5. The van der Waals surface area contributed by atoms with E-state index in [0.717, 1.165) is 53.5 Å². The molecule has 4 N–H and O–H groups in total. The van der Waals surface area contributed by atoms with Gasteiger partial charge in [0.15, 0.2) is 0 Å². The molecule has 0 spiro atoms. The number of aliphatic hydroxyl groups is 1. The maximum Gasteiger partial charge on any atom is 0.405 e. The molecule has 2 aliphatic carbocycles. The molecule has 2 fully saturated rings. The average molecular weight is 599 g/mol. The van der Waals surface area contributed by atoms with E-state index in [9.17, 15) is 24.6 Å². The Balaban J connectivity index is 1.32. The lowest BCUT2D eigenvalue weighted by molar-refractivity contribution is -0.132. The minimum absolute atomic E-state index is 0.0661. The fraction of sp³-hybridized carbons (Fsp3) is 0.429. The maximum atomic E-state index is 13.1. The number of carboxylic acid groups (broad SMARTS) is 1. The maximum absolute atomic E-state index is 13.1. The summed E-state index contributed by atoms with van der Waals surface area (Å²) in [5, 5.41) is 25.4. The molecule has 2 saturated carbocycles. The third-order valence-electron chi connectivity index (χ3n) is 9.19. The van der Waals surface area contributed by atoms with Crippen LogP contribution in [0, 0.1) is 5.92 Å². The fourth-order valence-electron chi connectivity index (χ4n) is 7.25. The van der Waals surface area contributed by atoms with Gasteiger partial charge in [0, 0.05) is 50.5 Å². The lowest BCUT2D eigenvalue weighted by atomic mass is 9.62. The smallest absolute Gasteiger partial charge is 0.405 e. The van der Waals surface area contributed by atoms with E-state index < -0.39 is 17.2 Å². The molecule has 0 saturated heterocycles. The second-order valence-electron chi connectivity index (χ2n) is 12.7. The molecule has 0 radical (unpaired) electrons. The number of rotatable bonds is 9. The molecule has 0 atom stereocenters. The molecule has 0 unspecified atom stereocenters. The topological polar surface area (TPSA) is 132 Å². The second-order valence-corrected chi connectivity index (χ2v) is 12.7. The van der Waals surface area contributed by atoms with Crippen molar-refractivity contribution >= 4 is 23.7 Å². The Morgan fingerprint density at radius 1 is 0.955 bits per heavy atom. The first-order valence-electron chi connectivity index (χ1n) is 15.5. The van der Waals surface area contributed by atoms with Crippen LogP contribution in [0.2, 0.25) is 0 Å². The minimum Gasteiger partial charge on any atom is -0.465 e. The van der Waals surface area contributed by atoms with E-state index >= 15 is 0 Å². The van der Waals surface area contributed by atoms with Gasteiger partial charge in [-0.2, -0.15) is 0 Å². The summed E-state index contributed by atoms with van der Waals surface area (Å²) in [6.45, 7) is 6.06. The van der Waals surface area contributed by atoms with Gasteiger partial charge in [0.1, 0.15) is 5.82 Å². The van der Waals surface area contributed by atoms with Crippen LogP contribution in [0.25, 0.3) is 22.3 Å². The molecule has 2 aliphatic rings. The predicted molar refractivity (Wildman–Crippen MR) is 170 cm³/mol. The van der Waals surface area contributed by atoms with Gasteiger partial charge in [-0.25, -0.2) is 9.78 Å². The van der Waals surface area contributed by atoms with E-state index in [-0.39, 0.29) is 23.8 Å². The van der Waals surface area contributed by atoms with Crippen LogP contribution >= 0.6 is 0 Å². The zero-order valence-electron chi connectivity index (χ0n) is 25.7. The Kier molecular flexibility index (Phi) is 9.06. The Bertz CT molecular complexity index is 1490. The summed E-state index contributed by atoms with van der Waals surface area (Å²) in [7, 11) is 0. The number of carbonyl (C=O) groups excluding carboxylic acids is 2. The summed E-state index contributed by atoms with van der Waals surface area (Å²) >= 11 is 0. The number of hydrogen-bond acceptors (Lipinski definition) is 5. The zero-order valence-corrected chi connectivity index (χ0v) is 25.7. The van der Waals surface area contributed by atoms with Gasteiger partial charge in [-0.1, -0.05) is 54.6 Å². The normalized spacial score (nSPS) is 24.5. The van der Waals surface area contributed by atoms with Crippen LogP contribution in [0.15, 0.2) is 66.9 Å². The molecular formula is C35H42N4O5. The molecule has 1 aromatic heterocycles. The average Bonchev–Trinajstić information content (AvgIpc) is 2.97. The van der Waals surface area contributed by atoms with Crippen LogP contribution in [0.4, 0.5) is 10.6 Å². The van der Waals surface area contributed by atoms with Crippen LogP contribution in [-0.4, -0.2) is 56.2 Å². The van der Waals surface area contributed by atoms with Crippen LogP contribution in [0.1, 0.15) is 71.3 Å². The van der Waals surface area contributed by atoms with E-state index in [4.69, 9.17) is 0 Å². The molecule has 9 nitrogen and oxygen atoms in total. The highest BCUT2D eigenvalue weighted by Crippen LogP contribution is 2.48. The number of amides is 3. The van der Waals surface area contributed by atoms with Crippen LogP contribution in [0.5, 0.6) is 0 Å². The van der Waals surface area contributed by atoms with E-state index in [1.54, 1.807) is 20.0 Å². The third-order valence-corrected chi connectivity index (χ3v) is 9.19. The Morgan fingerprint density at radius 2 is 1.59 bits per heavy atom. The number of nitrogens with zero attached hydrogens (tertiary/aromatic N) is 2. The molecule has 1 heterocycles. The van der Waals surface area contributed by atoms with E-state index in [1.807, 2.05) is 72.5 Å². The lowest BCUT2D eigenvalue weighted by Gasteiger charge is -2.51. The highest BCUT2D eigenvalue weighted by atomic mass is 16.4. The summed E-state index contributed by atoms with van der Waals surface area (Å²) in [6.07, 6.45) is 5.33.